The standard InChI is InChI=1S/C21H29NO3/c1-2-3-4-5-6-7-8-9-13-17(21(24)25)18-15-16-12-10-11-14-19(16)22-20(18)23/h10-12,14-15,24-25H,2-9,13H2,1H3,(H,22,23). The molecule has 1 aromatic heterocycles. The van der Waals surface area contributed by atoms with Crippen LogP contribution in [0.3, 0.4) is 0 Å². The van der Waals surface area contributed by atoms with E-state index in [-0.39, 0.29) is 5.56 Å². The maximum Gasteiger partial charge on any atom is 0.278 e. The number of hydrogen-bond acceptors (Lipinski definition) is 3. The molecule has 0 amide bonds. The van der Waals surface area contributed by atoms with Crippen molar-refractivity contribution in [1.82, 2.24) is 4.98 Å². The van der Waals surface area contributed by atoms with Crippen molar-refractivity contribution in [2.24, 2.45) is 0 Å². The molecule has 0 aliphatic rings. The van der Waals surface area contributed by atoms with E-state index in [0.29, 0.717) is 17.6 Å². The van der Waals surface area contributed by atoms with Crippen LogP contribution in [0, 0.1) is 0 Å². The van der Waals surface area contributed by atoms with Crippen LogP contribution in [-0.4, -0.2) is 15.2 Å². The molecule has 2 rings (SSSR count). The number of aromatic amines is 1. The second kappa shape index (κ2) is 9.92. The highest BCUT2D eigenvalue weighted by Crippen LogP contribution is 2.23. The Morgan fingerprint density at radius 3 is 2.28 bits per heavy atom. The second-order valence-corrected chi connectivity index (χ2v) is 6.63. The third-order valence-corrected chi connectivity index (χ3v) is 4.63. The van der Waals surface area contributed by atoms with Crippen molar-refractivity contribution in [2.45, 2.75) is 64.7 Å². The van der Waals surface area contributed by atoms with Gasteiger partial charge >= 0.3 is 0 Å². The molecule has 1 aromatic carbocycles. The van der Waals surface area contributed by atoms with Crippen LogP contribution >= 0.6 is 0 Å². The molecule has 0 radical (unpaired) electrons. The molecule has 0 spiro atoms. The SMILES string of the molecule is CCCCCCCCCCC(=C(O)O)c1cc2ccccc2[nH]c1=O. The van der Waals surface area contributed by atoms with Crippen molar-refractivity contribution >= 4 is 16.5 Å². The van der Waals surface area contributed by atoms with E-state index in [1.807, 2.05) is 24.3 Å². The van der Waals surface area contributed by atoms with Crippen LogP contribution < -0.4 is 5.56 Å². The average Bonchev–Trinajstić information content (AvgIpc) is 2.60. The van der Waals surface area contributed by atoms with Gasteiger partial charge in [0.25, 0.3) is 11.5 Å². The highest BCUT2D eigenvalue weighted by Gasteiger charge is 2.13. The number of hydrogen-bond donors (Lipinski definition) is 3. The molecule has 4 nitrogen and oxygen atoms in total. The number of benzene rings is 1. The van der Waals surface area contributed by atoms with Crippen LogP contribution in [0.5, 0.6) is 0 Å². The maximum absolute atomic E-state index is 12.3. The quantitative estimate of drug-likeness (QED) is 0.374. The fourth-order valence-corrected chi connectivity index (χ4v) is 3.17. The Bertz CT molecular complexity index is 757. The summed E-state index contributed by atoms with van der Waals surface area (Å²) >= 11 is 0. The summed E-state index contributed by atoms with van der Waals surface area (Å²) < 4.78 is 0. The van der Waals surface area contributed by atoms with Crippen LogP contribution in [0.4, 0.5) is 0 Å². The summed E-state index contributed by atoms with van der Waals surface area (Å²) in [4.78, 5) is 15.1. The minimum absolute atomic E-state index is 0.283. The van der Waals surface area contributed by atoms with Crippen LogP contribution in [0.1, 0.15) is 70.3 Å². The van der Waals surface area contributed by atoms with Gasteiger partial charge in [-0.05, 0) is 30.4 Å². The lowest BCUT2D eigenvalue weighted by molar-refractivity contribution is 0.193. The van der Waals surface area contributed by atoms with Gasteiger partial charge in [0.2, 0.25) is 0 Å². The second-order valence-electron chi connectivity index (χ2n) is 6.63. The molecule has 1 heterocycles. The minimum Gasteiger partial charge on any atom is -0.481 e. The molecule has 2 aromatic rings. The Morgan fingerprint density at radius 1 is 0.960 bits per heavy atom. The zero-order chi connectivity index (χ0) is 18.1. The first-order valence-electron chi connectivity index (χ1n) is 9.37. The number of aliphatic hydroxyl groups excluding tert-OH is 1. The van der Waals surface area contributed by atoms with E-state index in [4.69, 9.17) is 0 Å². The van der Waals surface area contributed by atoms with Gasteiger partial charge < -0.3 is 15.2 Å². The largest absolute Gasteiger partial charge is 0.481 e. The summed E-state index contributed by atoms with van der Waals surface area (Å²) in [6.45, 7) is 2.21. The molecule has 0 aliphatic carbocycles. The van der Waals surface area contributed by atoms with E-state index in [9.17, 15) is 15.0 Å². The highest BCUT2D eigenvalue weighted by atomic mass is 16.5. The fraction of sp³-hybridized carbons (Fsp3) is 0.476. The molecule has 0 bridgehead atoms. The fourth-order valence-electron chi connectivity index (χ4n) is 3.17. The van der Waals surface area contributed by atoms with Gasteiger partial charge in [-0.25, -0.2) is 0 Å². The Kier molecular flexibility index (Phi) is 7.58. The van der Waals surface area contributed by atoms with Gasteiger partial charge in [0.15, 0.2) is 0 Å². The van der Waals surface area contributed by atoms with E-state index >= 15 is 0 Å². The van der Waals surface area contributed by atoms with E-state index in [2.05, 4.69) is 11.9 Å². The smallest absolute Gasteiger partial charge is 0.278 e. The van der Waals surface area contributed by atoms with Crippen LogP contribution in [0.2, 0.25) is 0 Å². The molecular weight excluding hydrogens is 314 g/mol. The van der Waals surface area contributed by atoms with Crippen molar-refractivity contribution in [3.8, 4) is 0 Å². The first kappa shape index (κ1) is 19.1. The van der Waals surface area contributed by atoms with E-state index < -0.39 is 5.95 Å². The van der Waals surface area contributed by atoms with Crippen molar-refractivity contribution < 1.29 is 10.2 Å². The number of aliphatic hydroxyl groups is 2. The van der Waals surface area contributed by atoms with Gasteiger partial charge in [-0.3, -0.25) is 4.79 Å². The zero-order valence-corrected chi connectivity index (χ0v) is 15.1. The summed E-state index contributed by atoms with van der Waals surface area (Å²) in [5.74, 6) is -0.747. The van der Waals surface area contributed by atoms with Crippen molar-refractivity contribution in [3.05, 3.63) is 52.2 Å². The van der Waals surface area contributed by atoms with Gasteiger partial charge in [0, 0.05) is 11.1 Å². The van der Waals surface area contributed by atoms with Gasteiger partial charge in [-0.2, -0.15) is 0 Å². The van der Waals surface area contributed by atoms with Gasteiger partial charge in [-0.1, -0.05) is 70.1 Å². The number of H-pyrrole nitrogens is 1. The molecule has 0 saturated heterocycles. The molecule has 0 atom stereocenters. The molecule has 25 heavy (non-hydrogen) atoms. The zero-order valence-electron chi connectivity index (χ0n) is 15.1. The molecule has 136 valence electrons. The van der Waals surface area contributed by atoms with Gasteiger partial charge in [0.1, 0.15) is 0 Å². The Labute approximate surface area is 149 Å². The Morgan fingerprint density at radius 2 is 1.60 bits per heavy atom. The molecule has 0 fully saturated rings. The third-order valence-electron chi connectivity index (χ3n) is 4.63. The number of fused-ring (bicyclic) bond motifs is 1. The van der Waals surface area contributed by atoms with Crippen molar-refractivity contribution in [3.63, 3.8) is 0 Å². The van der Waals surface area contributed by atoms with E-state index in [1.54, 1.807) is 6.07 Å². The number of nitrogens with one attached hydrogen (secondary N) is 1. The van der Waals surface area contributed by atoms with Crippen LogP contribution in [-0.2, 0) is 0 Å². The highest BCUT2D eigenvalue weighted by molar-refractivity contribution is 5.82. The summed E-state index contributed by atoms with van der Waals surface area (Å²) in [5.41, 5.74) is 1.15. The average molecular weight is 343 g/mol. The van der Waals surface area contributed by atoms with Crippen molar-refractivity contribution in [2.75, 3.05) is 0 Å². The number of allylic oxidation sites excluding steroid dienone is 1. The molecule has 0 aliphatic heterocycles. The molecular formula is C21H29NO3. The topological polar surface area (TPSA) is 73.3 Å². The van der Waals surface area contributed by atoms with Gasteiger partial charge in [0.05, 0.1) is 5.56 Å². The van der Waals surface area contributed by atoms with E-state index in [0.717, 1.165) is 30.2 Å². The predicted octanol–water partition coefficient (Wildman–Crippen LogP) is 5.84. The monoisotopic (exact) mass is 343 g/mol. The lowest BCUT2D eigenvalue weighted by atomic mass is 9.99. The van der Waals surface area contributed by atoms with E-state index in [1.165, 1.54) is 32.1 Å². The first-order chi connectivity index (χ1) is 12.1. The third kappa shape index (κ3) is 5.66. The molecule has 0 unspecified atom stereocenters. The summed E-state index contributed by atoms with van der Waals surface area (Å²) in [6, 6.07) is 9.23. The van der Waals surface area contributed by atoms with Crippen LogP contribution in [0.25, 0.3) is 16.5 Å². The minimum atomic E-state index is -0.747. The molecule has 4 heteroatoms. The number of unbranched alkanes of at least 4 members (excludes halogenated alkanes) is 7. The summed E-state index contributed by atoms with van der Waals surface area (Å²) in [6.07, 6.45) is 9.88. The summed E-state index contributed by atoms with van der Waals surface area (Å²) in [7, 11) is 0. The first-order valence-corrected chi connectivity index (χ1v) is 9.37. The number of aromatic nitrogens is 1. The predicted molar refractivity (Wildman–Crippen MR) is 104 cm³/mol. The summed E-state index contributed by atoms with van der Waals surface area (Å²) in [5, 5.41) is 20.2. The molecule has 3 N–H and O–H groups in total. The maximum atomic E-state index is 12.3. The van der Waals surface area contributed by atoms with Crippen molar-refractivity contribution in [1.29, 1.82) is 0 Å². The number of para-hydroxylation sites is 1. The Hall–Kier alpha value is -2.23. The lowest BCUT2D eigenvalue weighted by Gasteiger charge is -2.09. The number of pyridine rings is 1. The Balaban J connectivity index is 1.97. The normalized spacial score (nSPS) is 10.9. The molecule has 0 saturated carbocycles. The van der Waals surface area contributed by atoms with Gasteiger partial charge in [-0.15, -0.1) is 0 Å². The van der Waals surface area contributed by atoms with Crippen LogP contribution in [0.15, 0.2) is 41.1 Å². The number of rotatable bonds is 10. The lowest BCUT2D eigenvalue weighted by Crippen LogP contribution is -2.13.